The van der Waals surface area contributed by atoms with E-state index in [-0.39, 0.29) is 11.8 Å². The smallest absolute Gasteiger partial charge is 0.243 e. The van der Waals surface area contributed by atoms with Gasteiger partial charge in [-0.25, -0.2) is 4.98 Å². The number of pyridine rings is 1. The summed E-state index contributed by atoms with van der Waals surface area (Å²) in [6.07, 6.45) is 2.79. The van der Waals surface area contributed by atoms with Crippen molar-refractivity contribution < 1.29 is 9.59 Å². The van der Waals surface area contributed by atoms with E-state index in [1.54, 1.807) is 12.1 Å². The summed E-state index contributed by atoms with van der Waals surface area (Å²) in [4.78, 5) is 29.8. The van der Waals surface area contributed by atoms with Crippen molar-refractivity contribution in [3.05, 3.63) is 83.5 Å². The molecular weight excluding hydrogens is 418 g/mol. The van der Waals surface area contributed by atoms with Gasteiger partial charge in [0.15, 0.2) is 0 Å². The second-order valence-corrected chi connectivity index (χ2v) is 8.20. The first-order chi connectivity index (χ1) is 14.5. The average molecular weight is 440 g/mol. The Kier molecular flexibility index (Phi) is 7.88. The van der Waals surface area contributed by atoms with Gasteiger partial charge in [-0.15, -0.1) is 11.8 Å². The van der Waals surface area contributed by atoms with Gasteiger partial charge in [0.1, 0.15) is 11.1 Å². The molecule has 0 fully saturated rings. The molecule has 154 valence electrons. The van der Waals surface area contributed by atoms with E-state index in [1.165, 1.54) is 18.0 Å². The van der Waals surface area contributed by atoms with Crippen LogP contribution in [-0.4, -0.2) is 16.8 Å². The highest BCUT2D eigenvalue weighted by atomic mass is 35.5. The van der Waals surface area contributed by atoms with Gasteiger partial charge in [0.2, 0.25) is 11.8 Å². The number of hydrogen-bond acceptors (Lipinski definition) is 4. The summed E-state index contributed by atoms with van der Waals surface area (Å²) in [6.45, 7) is 1.97. The van der Waals surface area contributed by atoms with E-state index in [0.717, 1.165) is 22.6 Å². The van der Waals surface area contributed by atoms with E-state index in [4.69, 9.17) is 11.6 Å². The molecule has 2 amide bonds. The molecule has 1 unspecified atom stereocenters. The van der Waals surface area contributed by atoms with Gasteiger partial charge in [-0.05, 0) is 48.4 Å². The van der Waals surface area contributed by atoms with Gasteiger partial charge in [0.25, 0.3) is 0 Å². The first-order valence-corrected chi connectivity index (χ1v) is 10.8. The van der Waals surface area contributed by atoms with E-state index in [1.807, 2.05) is 61.5 Å². The van der Waals surface area contributed by atoms with Gasteiger partial charge in [-0.2, -0.15) is 0 Å². The number of carbonyl (C=O) groups excluding carboxylic acids is 2. The Bertz CT molecular complexity index is 980. The molecule has 1 heterocycles. The summed E-state index contributed by atoms with van der Waals surface area (Å²) in [6, 6.07) is 20.4. The number of thioether (sulfide) groups is 1. The van der Waals surface area contributed by atoms with Crippen LogP contribution < -0.4 is 10.6 Å². The van der Waals surface area contributed by atoms with Crippen LogP contribution in [0.4, 0.5) is 11.5 Å². The molecule has 0 aliphatic heterocycles. The maximum Gasteiger partial charge on any atom is 0.243 e. The molecule has 2 aromatic carbocycles. The lowest BCUT2D eigenvalue weighted by Crippen LogP contribution is -2.19. The van der Waals surface area contributed by atoms with Gasteiger partial charge < -0.3 is 10.6 Å². The van der Waals surface area contributed by atoms with E-state index in [0.29, 0.717) is 17.3 Å². The Morgan fingerprint density at radius 1 is 1.00 bits per heavy atom. The predicted octanol–water partition coefficient (Wildman–Crippen LogP) is 5.95. The summed E-state index contributed by atoms with van der Waals surface area (Å²) < 4.78 is 0. The molecule has 1 atom stereocenters. The maximum absolute atomic E-state index is 13.0. The minimum atomic E-state index is -0.468. The number of aromatic nitrogens is 1. The first-order valence-electron chi connectivity index (χ1n) is 9.59. The summed E-state index contributed by atoms with van der Waals surface area (Å²) in [5, 5.41) is 5.76. The zero-order valence-corrected chi connectivity index (χ0v) is 18.0. The van der Waals surface area contributed by atoms with Crippen LogP contribution in [0.1, 0.15) is 30.6 Å². The summed E-state index contributed by atoms with van der Waals surface area (Å²) in [5.74, 6) is 0.260. The summed E-state index contributed by atoms with van der Waals surface area (Å²) in [7, 11) is 0. The molecule has 3 rings (SSSR count). The van der Waals surface area contributed by atoms with Crippen molar-refractivity contribution in [2.24, 2.45) is 0 Å². The van der Waals surface area contributed by atoms with Gasteiger partial charge in [0, 0.05) is 23.2 Å². The fourth-order valence-corrected chi connectivity index (χ4v) is 3.88. The van der Waals surface area contributed by atoms with Crippen molar-refractivity contribution in [3.8, 4) is 0 Å². The number of nitrogens with one attached hydrogen (secondary N) is 2. The van der Waals surface area contributed by atoms with Gasteiger partial charge in [-0.1, -0.05) is 48.9 Å². The number of benzene rings is 2. The Morgan fingerprint density at radius 3 is 2.37 bits per heavy atom. The van der Waals surface area contributed by atoms with Crippen molar-refractivity contribution in [1.82, 2.24) is 4.98 Å². The first kappa shape index (κ1) is 21.9. The largest absolute Gasteiger partial charge is 0.326 e. The SMILES string of the molecule is CCCC(=O)Nc1ccc(SC(C(=O)Nc2ccc(Cl)cn2)c2ccccc2)cc1. The minimum absolute atomic E-state index is 0.00472. The molecule has 30 heavy (non-hydrogen) atoms. The molecule has 0 aliphatic carbocycles. The quantitative estimate of drug-likeness (QED) is 0.425. The summed E-state index contributed by atoms with van der Waals surface area (Å²) in [5.41, 5.74) is 1.62. The van der Waals surface area contributed by atoms with E-state index >= 15 is 0 Å². The number of rotatable bonds is 8. The Balaban J connectivity index is 1.75. The third-order valence-corrected chi connectivity index (χ3v) is 5.68. The van der Waals surface area contributed by atoms with Crippen LogP contribution >= 0.6 is 23.4 Å². The van der Waals surface area contributed by atoms with Crippen molar-refractivity contribution in [2.45, 2.75) is 29.9 Å². The third-order valence-electron chi connectivity index (χ3n) is 4.19. The summed E-state index contributed by atoms with van der Waals surface area (Å²) >= 11 is 7.30. The topological polar surface area (TPSA) is 71.1 Å². The number of nitrogens with zero attached hydrogens (tertiary/aromatic N) is 1. The van der Waals surface area contributed by atoms with Crippen LogP contribution in [0.25, 0.3) is 0 Å². The minimum Gasteiger partial charge on any atom is -0.326 e. The van der Waals surface area contributed by atoms with Crippen LogP contribution in [-0.2, 0) is 9.59 Å². The van der Waals surface area contributed by atoms with E-state index in [9.17, 15) is 9.59 Å². The van der Waals surface area contributed by atoms with Gasteiger partial charge in [-0.3, -0.25) is 9.59 Å². The van der Waals surface area contributed by atoms with E-state index < -0.39 is 5.25 Å². The molecular formula is C23H22ClN3O2S. The molecule has 7 heteroatoms. The second kappa shape index (κ2) is 10.8. The fraction of sp³-hybridized carbons (Fsp3) is 0.174. The Labute approximate surface area is 185 Å². The molecule has 0 spiro atoms. The van der Waals surface area contributed by atoms with Crippen molar-refractivity contribution >= 4 is 46.7 Å². The lowest BCUT2D eigenvalue weighted by atomic mass is 10.1. The highest BCUT2D eigenvalue weighted by Gasteiger charge is 2.22. The standard InChI is InChI=1S/C23H22ClN3O2S/c1-2-6-21(28)26-18-10-12-19(13-11-18)30-22(16-7-4-3-5-8-16)23(29)27-20-14-9-17(24)15-25-20/h3-5,7-15,22H,2,6H2,1H3,(H,26,28)(H,25,27,29). The third kappa shape index (κ3) is 6.34. The average Bonchev–Trinajstić information content (AvgIpc) is 2.75. The molecule has 0 saturated heterocycles. The highest BCUT2D eigenvalue weighted by Crippen LogP contribution is 2.36. The van der Waals surface area contributed by atoms with Crippen LogP contribution in [0.15, 0.2) is 77.8 Å². The number of amides is 2. The van der Waals surface area contributed by atoms with Gasteiger partial charge >= 0.3 is 0 Å². The molecule has 5 nitrogen and oxygen atoms in total. The Morgan fingerprint density at radius 2 is 1.73 bits per heavy atom. The van der Waals surface area contributed by atoms with Gasteiger partial charge in [0.05, 0.1) is 5.02 Å². The van der Waals surface area contributed by atoms with Crippen LogP contribution in [0, 0.1) is 0 Å². The zero-order chi connectivity index (χ0) is 21.3. The molecule has 1 aromatic heterocycles. The number of hydrogen-bond donors (Lipinski definition) is 2. The Hall–Kier alpha value is -2.83. The predicted molar refractivity (Wildman–Crippen MR) is 123 cm³/mol. The molecule has 2 N–H and O–H groups in total. The lowest BCUT2D eigenvalue weighted by Gasteiger charge is -2.17. The molecule has 3 aromatic rings. The van der Waals surface area contributed by atoms with Crippen LogP contribution in [0.2, 0.25) is 5.02 Å². The highest BCUT2D eigenvalue weighted by molar-refractivity contribution is 8.00. The monoisotopic (exact) mass is 439 g/mol. The molecule has 0 bridgehead atoms. The number of halogens is 1. The van der Waals surface area contributed by atoms with Crippen molar-refractivity contribution in [3.63, 3.8) is 0 Å². The van der Waals surface area contributed by atoms with Crippen LogP contribution in [0.5, 0.6) is 0 Å². The zero-order valence-electron chi connectivity index (χ0n) is 16.5. The molecule has 0 aliphatic rings. The molecule has 0 saturated carbocycles. The van der Waals surface area contributed by atoms with Crippen LogP contribution in [0.3, 0.4) is 0 Å². The fourth-order valence-electron chi connectivity index (χ4n) is 2.75. The van der Waals surface area contributed by atoms with Crippen molar-refractivity contribution in [2.75, 3.05) is 10.6 Å². The molecule has 0 radical (unpaired) electrons. The maximum atomic E-state index is 13.0. The number of carbonyl (C=O) groups is 2. The van der Waals surface area contributed by atoms with Crippen molar-refractivity contribution in [1.29, 1.82) is 0 Å². The lowest BCUT2D eigenvalue weighted by molar-refractivity contribution is -0.116. The normalized spacial score (nSPS) is 11.5. The second-order valence-electron chi connectivity index (χ2n) is 6.58. The number of anilines is 2. The van der Waals surface area contributed by atoms with E-state index in [2.05, 4.69) is 15.6 Å².